The zero-order valence-corrected chi connectivity index (χ0v) is 15.5. The average Bonchev–Trinajstić information content (AvgIpc) is 2.66. The van der Waals surface area contributed by atoms with Crippen LogP contribution in [-0.2, 0) is 0 Å². The molecule has 0 aliphatic rings. The van der Waals surface area contributed by atoms with Gasteiger partial charge in [0.2, 0.25) is 0 Å². The summed E-state index contributed by atoms with van der Waals surface area (Å²) in [6.45, 7) is 0. The Bertz CT molecular complexity index is 843. The molecule has 1 rings (SSSR count). The SMILES string of the molecule is OC(CC(F)(F)C(F)(F)C(F)(F)C(F)(F)C(F)(F)C(F)(F)C(F)(F)C(F)(F)F)c1ccccc1. The molecule has 1 aromatic carbocycles. The number of hydrogen-bond acceptors (Lipinski definition) is 1. The predicted octanol–water partition coefficient (Wildman–Crippen LogP) is 7.12. The van der Waals surface area contributed by atoms with Crippen molar-refractivity contribution >= 4 is 0 Å². The van der Waals surface area contributed by atoms with Crippen molar-refractivity contribution < 1.29 is 79.7 Å². The molecule has 0 bridgehead atoms. The summed E-state index contributed by atoms with van der Waals surface area (Å²) in [6, 6.07) is 4.55. The number of alkyl halides is 17. The number of hydrogen-bond donors (Lipinski definition) is 1. The van der Waals surface area contributed by atoms with Gasteiger partial charge in [-0.2, -0.15) is 74.6 Å². The lowest BCUT2D eigenvalue weighted by Crippen LogP contribution is -2.74. The molecule has 18 heteroatoms. The molecule has 34 heavy (non-hydrogen) atoms. The Morgan fingerprint density at radius 3 is 1.18 bits per heavy atom. The Labute approximate surface area is 177 Å². The number of aliphatic hydroxyl groups excluding tert-OH is 1. The lowest BCUT2D eigenvalue weighted by atomic mass is 9.87. The number of aliphatic hydroxyl groups is 1. The summed E-state index contributed by atoms with van der Waals surface area (Å²) in [7, 11) is 0. The summed E-state index contributed by atoms with van der Waals surface area (Å²) in [5.74, 6) is -56.8. The second-order valence-corrected chi connectivity index (χ2v) is 6.78. The van der Waals surface area contributed by atoms with Crippen molar-refractivity contribution in [1.29, 1.82) is 0 Å². The summed E-state index contributed by atoms with van der Waals surface area (Å²) in [4.78, 5) is 0. The maximum absolute atomic E-state index is 13.8. The molecule has 0 saturated heterocycles. The van der Waals surface area contributed by atoms with Gasteiger partial charge in [0, 0.05) is 6.42 Å². The molecule has 0 aliphatic carbocycles. The van der Waals surface area contributed by atoms with Gasteiger partial charge in [0.15, 0.2) is 0 Å². The number of rotatable bonds is 9. The van der Waals surface area contributed by atoms with Gasteiger partial charge < -0.3 is 5.11 Å². The van der Waals surface area contributed by atoms with Gasteiger partial charge in [-0.3, -0.25) is 0 Å². The number of halogens is 17. The van der Waals surface area contributed by atoms with Crippen LogP contribution in [0.15, 0.2) is 30.3 Å². The van der Waals surface area contributed by atoms with E-state index in [1.807, 2.05) is 0 Å². The third-order valence-electron chi connectivity index (χ3n) is 4.42. The highest BCUT2D eigenvalue weighted by Gasteiger charge is 2.95. The highest BCUT2D eigenvalue weighted by Crippen LogP contribution is 2.64. The lowest BCUT2D eigenvalue weighted by Gasteiger charge is -2.43. The highest BCUT2D eigenvalue weighted by molar-refractivity contribution is 5.19. The van der Waals surface area contributed by atoms with Crippen LogP contribution in [0.25, 0.3) is 0 Å². The molecular formula is C16H9F17O. The Morgan fingerprint density at radius 2 is 0.824 bits per heavy atom. The van der Waals surface area contributed by atoms with E-state index < -0.39 is 65.7 Å². The normalized spacial score (nSPS) is 16.5. The molecular weight excluding hydrogens is 531 g/mol. The van der Waals surface area contributed by atoms with E-state index in [2.05, 4.69) is 0 Å². The third-order valence-corrected chi connectivity index (χ3v) is 4.42. The molecule has 0 aromatic heterocycles. The smallest absolute Gasteiger partial charge is 0.388 e. The van der Waals surface area contributed by atoms with Crippen molar-refractivity contribution in [3.05, 3.63) is 35.9 Å². The van der Waals surface area contributed by atoms with Gasteiger partial charge in [-0.1, -0.05) is 30.3 Å². The van der Waals surface area contributed by atoms with E-state index in [4.69, 9.17) is 0 Å². The van der Waals surface area contributed by atoms with E-state index >= 15 is 0 Å². The van der Waals surface area contributed by atoms with Crippen LogP contribution in [-0.4, -0.2) is 52.7 Å². The van der Waals surface area contributed by atoms with Crippen molar-refractivity contribution in [3.8, 4) is 0 Å². The summed E-state index contributed by atoms with van der Waals surface area (Å²) >= 11 is 0. The maximum atomic E-state index is 13.8. The molecule has 1 aromatic rings. The molecule has 0 amide bonds. The fraction of sp³-hybridized carbons (Fsp3) is 0.625. The van der Waals surface area contributed by atoms with Crippen molar-refractivity contribution in [2.45, 2.75) is 60.2 Å². The van der Waals surface area contributed by atoms with Crippen LogP contribution in [0.4, 0.5) is 74.6 Å². The maximum Gasteiger partial charge on any atom is 0.460 e. The highest BCUT2D eigenvalue weighted by atomic mass is 19.4. The van der Waals surface area contributed by atoms with Gasteiger partial charge >= 0.3 is 47.6 Å². The minimum Gasteiger partial charge on any atom is -0.388 e. The molecule has 0 radical (unpaired) electrons. The molecule has 1 N–H and O–H groups in total. The first-order chi connectivity index (χ1) is 14.7. The van der Waals surface area contributed by atoms with Crippen LogP contribution in [0.1, 0.15) is 18.1 Å². The third kappa shape index (κ3) is 4.14. The Balaban J connectivity index is 3.53. The van der Waals surface area contributed by atoms with E-state index in [1.54, 1.807) is 0 Å². The first kappa shape index (κ1) is 30.0. The van der Waals surface area contributed by atoms with Gasteiger partial charge in [-0.15, -0.1) is 0 Å². The second-order valence-electron chi connectivity index (χ2n) is 6.78. The lowest BCUT2D eigenvalue weighted by molar-refractivity contribution is -0.462. The van der Waals surface area contributed by atoms with E-state index in [0.29, 0.717) is 0 Å². The Hall–Kier alpha value is -2.01. The minimum atomic E-state index is -8.67. The molecule has 1 unspecified atom stereocenters. The monoisotopic (exact) mass is 540 g/mol. The standard InChI is InChI=1S/C16H9F17O/c17-9(18,6-8(34)7-4-2-1-3-5-7)10(19,20)11(21,22)12(23,24)13(25,26)14(27,28)15(29,30)16(31,32)33/h1-5,8,34H,6H2. The molecule has 0 fully saturated rings. The van der Waals surface area contributed by atoms with Crippen molar-refractivity contribution in [3.63, 3.8) is 0 Å². The van der Waals surface area contributed by atoms with E-state index in [-0.39, 0.29) is 0 Å². The summed E-state index contributed by atoms with van der Waals surface area (Å²) in [6.07, 6.45) is -13.6. The van der Waals surface area contributed by atoms with Gasteiger partial charge in [0.1, 0.15) is 0 Å². The topological polar surface area (TPSA) is 20.2 Å². The number of benzene rings is 1. The molecule has 0 heterocycles. The molecule has 0 saturated carbocycles. The minimum absolute atomic E-state index is 0.722. The largest absolute Gasteiger partial charge is 0.460 e. The van der Waals surface area contributed by atoms with Gasteiger partial charge in [-0.05, 0) is 5.56 Å². The van der Waals surface area contributed by atoms with Gasteiger partial charge in [0.05, 0.1) is 6.10 Å². The van der Waals surface area contributed by atoms with Crippen LogP contribution in [0.5, 0.6) is 0 Å². The fourth-order valence-electron chi connectivity index (χ4n) is 2.36. The summed E-state index contributed by atoms with van der Waals surface area (Å²) in [5, 5.41) is 9.44. The quantitative estimate of drug-likeness (QED) is 0.331. The molecule has 1 atom stereocenters. The molecule has 1 nitrogen and oxygen atoms in total. The van der Waals surface area contributed by atoms with E-state index in [0.717, 1.165) is 30.3 Å². The first-order valence-corrected chi connectivity index (χ1v) is 8.18. The van der Waals surface area contributed by atoms with Crippen molar-refractivity contribution in [2.75, 3.05) is 0 Å². The van der Waals surface area contributed by atoms with Crippen LogP contribution in [0, 0.1) is 0 Å². The summed E-state index contributed by atoms with van der Waals surface area (Å²) < 4.78 is 224. The average molecular weight is 540 g/mol. The van der Waals surface area contributed by atoms with Crippen LogP contribution in [0.3, 0.4) is 0 Å². The second kappa shape index (κ2) is 8.29. The van der Waals surface area contributed by atoms with Gasteiger partial charge in [0.25, 0.3) is 0 Å². The van der Waals surface area contributed by atoms with Crippen LogP contribution < -0.4 is 0 Å². The zero-order chi connectivity index (χ0) is 27.4. The molecule has 0 spiro atoms. The first-order valence-electron chi connectivity index (χ1n) is 8.18. The van der Waals surface area contributed by atoms with Crippen molar-refractivity contribution in [2.24, 2.45) is 0 Å². The molecule has 198 valence electrons. The Morgan fingerprint density at radius 1 is 0.500 bits per heavy atom. The predicted molar refractivity (Wildman–Crippen MR) is 76.7 cm³/mol. The molecule has 0 aliphatic heterocycles. The van der Waals surface area contributed by atoms with Gasteiger partial charge in [-0.25, -0.2) is 0 Å². The van der Waals surface area contributed by atoms with Crippen LogP contribution in [0.2, 0.25) is 0 Å². The fourth-order valence-corrected chi connectivity index (χ4v) is 2.36. The van der Waals surface area contributed by atoms with Crippen molar-refractivity contribution in [1.82, 2.24) is 0 Å². The van der Waals surface area contributed by atoms with E-state index in [1.165, 1.54) is 0 Å². The zero-order valence-electron chi connectivity index (χ0n) is 15.5. The van der Waals surface area contributed by atoms with E-state index in [9.17, 15) is 79.7 Å². The summed E-state index contributed by atoms with van der Waals surface area (Å²) in [5.41, 5.74) is -0.727. The van der Waals surface area contributed by atoms with Crippen LogP contribution >= 0.6 is 0 Å². The Kier molecular flexibility index (Phi) is 7.32.